The molecule has 11 heteroatoms. The number of amides is 3. The Bertz CT molecular complexity index is 1200. The van der Waals surface area contributed by atoms with E-state index in [0.717, 1.165) is 37.2 Å². The average Bonchev–Trinajstić information content (AvgIpc) is 3.39. The van der Waals surface area contributed by atoms with Crippen molar-refractivity contribution in [3.63, 3.8) is 0 Å². The fourth-order valence-corrected chi connectivity index (χ4v) is 5.03. The molecule has 2 aromatic rings. The van der Waals surface area contributed by atoms with E-state index in [1.807, 2.05) is 30.3 Å². The van der Waals surface area contributed by atoms with Crippen LogP contribution in [0.2, 0.25) is 0 Å². The predicted octanol–water partition coefficient (Wildman–Crippen LogP) is 4.47. The molecule has 2 atom stereocenters. The largest absolute Gasteiger partial charge is 0.465 e. The lowest BCUT2D eigenvalue weighted by molar-refractivity contribution is -0.247. The van der Waals surface area contributed by atoms with Crippen molar-refractivity contribution < 1.29 is 28.8 Å². The van der Waals surface area contributed by atoms with Gasteiger partial charge < -0.3 is 20.4 Å². The highest BCUT2D eigenvalue weighted by molar-refractivity contribution is 5.98. The number of nitrogens with one attached hydrogen (secondary N) is 3. The van der Waals surface area contributed by atoms with E-state index in [-0.39, 0.29) is 18.3 Å². The number of anilines is 1. The zero-order valence-corrected chi connectivity index (χ0v) is 25.6. The van der Waals surface area contributed by atoms with Crippen LogP contribution in [-0.2, 0) is 28.8 Å². The van der Waals surface area contributed by atoms with Crippen molar-refractivity contribution in [1.82, 2.24) is 20.3 Å². The van der Waals surface area contributed by atoms with Crippen LogP contribution >= 0.6 is 0 Å². The molecule has 1 aliphatic rings. The van der Waals surface area contributed by atoms with E-state index in [0.29, 0.717) is 24.2 Å². The third-order valence-electron chi connectivity index (χ3n) is 7.27. The van der Waals surface area contributed by atoms with E-state index in [9.17, 15) is 19.2 Å². The summed E-state index contributed by atoms with van der Waals surface area (Å²) in [5, 5.41) is 6.69. The zero-order valence-electron chi connectivity index (χ0n) is 25.6. The molecule has 0 bridgehead atoms. The molecule has 1 unspecified atom stereocenters. The molecule has 0 saturated heterocycles. The van der Waals surface area contributed by atoms with Gasteiger partial charge in [0.1, 0.15) is 29.1 Å². The number of H-pyrrole nitrogens is 1. The van der Waals surface area contributed by atoms with Crippen LogP contribution in [-0.4, -0.2) is 63.0 Å². The standard InChI is InChI=1S/C31H45N5O6/c1-7-41-28(39)25(22-16-12-9-13-17-22)26-32-19-24(34-26)35-27(38)23(18-21-14-10-8-11-15-21)33-29(40)31(5,6)36(20-37)42-30(2,3)4/h9,12-13,16-17,19-21,23,25H,7-8,10-11,14-15,18H2,1-6H3,(H,32,34)(H,33,40)(H,35,38)/t23-,25?/m1/s1. The van der Waals surface area contributed by atoms with Gasteiger partial charge in [0.05, 0.1) is 18.4 Å². The quantitative estimate of drug-likeness (QED) is 0.179. The Balaban J connectivity index is 1.82. The number of esters is 1. The maximum Gasteiger partial charge on any atom is 0.321 e. The van der Waals surface area contributed by atoms with E-state index in [1.165, 1.54) is 6.20 Å². The van der Waals surface area contributed by atoms with Gasteiger partial charge in [0.25, 0.3) is 0 Å². The summed E-state index contributed by atoms with van der Waals surface area (Å²) < 4.78 is 5.29. The number of nitrogens with zero attached hydrogens (tertiary/aromatic N) is 2. The maximum atomic E-state index is 13.6. The molecule has 11 nitrogen and oxygen atoms in total. The van der Waals surface area contributed by atoms with Gasteiger partial charge >= 0.3 is 5.97 Å². The Morgan fingerprint density at radius 1 is 1.10 bits per heavy atom. The fourth-order valence-electron chi connectivity index (χ4n) is 5.03. The minimum atomic E-state index is -1.39. The van der Waals surface area contributed by atoms with Crippen LogP contribution in [0.1, 0.15) is 97.4 Å². The lowest BCUT2D eigenvalue weighted by atomic mass is 9.84. The molecule has 1 fully saturated rings. The van der Waals surface area contributed by atoms with Gasteiger partial charge in [-0.1, -0.05) is 62.4 Å². The molecule has 3 N–H and O–H groups in total. The Hall–Kier alpha value is -3.73. The van der Waals surface area contributed by atoms with Gasteiger partial charge in [-0.25, -0.2) is 10.0 Å². The van der Waals surface area contributed by atoms with E-state index in [2.05, 4.69) is 20.6 Å². The Kier molecular flexibility index (Phi) is 11.3. The van der Waals surface area contributed by atoms with Crippen molar-refractivity contribution >= 4 is 30.0 Å². The summed E-state index contributed by atoms with van der Waals surface area (Å²) in [6.45, 7) is 10.4. The third kappa shape index (κ3) is 8.88. The Morgan fingerprint density at radius 2 is 1.76 bits per heavy atom. The van der Waals surface area contributed by atoms with Gasteiger partial charge in [0, 0.05) is 0 Å². The molecule has 1 aromatic heterocycles. The first kappa shape index (κ1) is 32.8. The molecule has 1 saturated carbocycles. The van der Waals surface area contributed by atoms with Crippen LogP contribution < -0.4 is 10.6 Å². The van der Waals surface area contributed by atoms with Crippen molar-refractivity contribution in [3.05, 3.63) is 47.9 Å². The molecule has 230 valence electrons. The molecule has 42 heavy (non-hydrogen) atoms. The van der Waals surface area contributed by atoms with Crippen LogP contribution in [0, 0.1) is 5.92 Å². The summed E-state index contributed by atoms with van der Waals surface area (Å²) in [5.41, 5.74) is -1.40. The van der Waals surface area contributed by atoms with Gasteiger partial charge in [-0.05, 0) is 59.4 Å². The van der Waals surface area contributed by atoms with E-state index >= 15 is 0 Å². The lowest BCUT2D eigenvalue weighted by Crippen LogP contribution is -2.59. The summed E-state index contributed by atoms with van der Waals surface area (Å²) in [5.74, 6) is -1.33. The number of hydrogen-bond donors (Lipinski definition) is 3. The van der Waals surface area contributed by atoms with E-state index in [1.54, 1.807) is 41.5 Å². The molecular weight excluding hydrogens is 538 g/mol. The minimum Gasteiger partial charge on any atom is -0.465 e. The number of imidazole rings is 1. The molecule has 0 aliphatic heterocycles. The van der Waals surface area contributed by atoms with Crippen molar-refractivity contribution in [2.45, 2.75) is 103 Å². The number of ether oxygens (including phenoxy) is 1. The highest BCUT2D eigenvalue weighted by Crippen LogP contribution is 2.29. The van der Waals surface area contributed by atoms with Crippen molar-refractivity contribution in [2.75, 3.05) is 11.9 Å². The highest BCUT2D eigenvalue weighted by atomic mass is 16.7. The van der Waals surface area contributed by atoms with Gasteiger partial charge in [-0.3, -0.25) is 24.0 Å². The lowest BCUT2D eigenvalue weighted by Gasteiger charge is -2.38. The summed E-state index contributed by atoms with van der Waals surface area (Å²) in [6, 6.07) is 8.25. The van der Waals surface area contributed by atoms with Crippen LogP contribution in [0.25, 0.3) is 0 Å². The van der Waals surface area contributed by atoms with Crippen molar-refractivity contribution in [2.24, 2.45) is 5.92 Å². The van der Waals surface area contributed by atoms with Crippen LogP contribution in [0.3, 0.4) is 0 Å². The van der Waals surface area contributed by atoms with Gasteiger partial charge in [-0.2, -0.15) is 0 Å². The topological polar surface area (TPSA) is 143 Å². The van der Waals surface area contributed by atoms with Gasteiger partial charge in [-0.15, -0.1) is 0 Å². The molecular formula is C31H45N5O6. The first-order chi connectivity index (χ1) is 19.9. The summed E-state index contributed by atoms with van der Waals surface area (Å²) in [6.07, 6.45) is 7.63. The van der Waals surface area contributed by atoms with Crippen LogP contribution in [0.5, 0.6) is 0 Å². The summed E-state index contributed by atoms with van der Waals surface area (Å²) in [4.78, 5) is 64.9. The molecule has 0 spiro atoms. The Labute approximate surface area is 248 Å². The molecule has 0 radical (unpaired) electrons. The van der Waals surface area contributed by atoms with Crippen LogP contribution in [0.4, 0.5) is 5.82 Å². The molecule has 3 amide bonds. The fraction of sp³-hybridized carbons (Fsp3) is 0.581. The maximum absolute atomic E-state index is 13.6. The van der Waals surface area contributed by atoms with Crippen molar-refractivity contribution in [3.8, 4) is 0 Å². The Morgan fingerprint density at radius 3 is 2.36 bits per heavy atom. The number of hydrogen-bond acceptors (Lipinski definition) is 7. The number of aromatic amines is 1. The zero-order chi connectivity index (χ0) is 30.9. The average molecular weight is 584 g/mol. The normalized spacial score (nSPS) is 15.8. The first-order valence-electron chi connectivity index (χ1n) is 14.7. The highest BCUT2D eigenvalue weighted by Gasteiger charge is 2.40. The van der Waals surface area contributed by atoms with Gasteiger partial charge in [0.15, 0.2) is 0 Å². The first-order valence-corrected chi connectivity index (χ1v) is 14.7. The summed E-state index contributed by atoms with van der Waals surface area (Å²) in [7, 11) is 0. The number of carbonyl (C=O) groups excluding carboxylic acids is 4. The second kappa shape index (κ2) is 14.4. The number of hydroxylamine groups is 2. The number of aromatic nitrogens is 2. The molecule has 1 heterocycles. The smallest absolute Gasteiger partial charge is 0.321 e. The number of carbonyl (C=O) groups is 4. The van der Waals surface area contributed by atoms with Crippen LogP contribution in [0.15, 0.2) is 36.5 Å². The minimum absolute atomic E-state index is 0.216. The third-order valence-corrected chi connectivity index (χ3v) is 7.27. The second-order valence-corrected chi connectivity index (χ2v) is 12.2. The molecule has 1 aliphatic carbocycles. The van der Waals surface area contributed by atoms with E-state index < -0.39 is 40.9 Å². The van der Waals surface area contributed by atoms with Gasteiger partial charge in [0.2, 0.25) is 18.2 Å². The number of benzene rings is 1. The molecule has 1 aromatic carbocycles. The van der Waals surface area contributed by atoms with E-state index in [4.69, 9.17) is 9.57 Å². The monoisotopic (exact) mass is 583 g/mol. The van der Waals surface area contributed by atoms with Crippen molar-refractivity contribution in [1.29, 1.82) is 0 Å². The summed E-state index contributed by atoms with van der Waals surface area (Å²) >= 11 is 0. The SMILES string of the molecule is CCOC(=O)C(c1ccccc1)c1ncc(NC(=O)[C@@H](CC2CCCCC2)NC(=O)C(C)(C)N(C=O)OC(C)(C)C)[nH]1. The second-order valence-electron chi connectivity index (χ2n) is 12.2. The number of rotatable bonds is 13. The molecule has 3 rings (SSSR count). The predicted molar refractivity (Wildman–Crippen MR) is 158 cm³/mol.